The van der Waals surface area contributed by atoms with Gasteiger partial charge in [-0.25, -0.2) is 0 Å². The molecule has 2 aliphatic rings. The Bertz CT molecular complexity index is 1170. The molecule has 0 spiro atoms. The van der Waals surface area contributed by atoms with Crippen molar-refractivity contribution >= 4 is 36.0 Å². The van der Waals surface area contributed by atoms with Crippen molar-refractivity contribution in [1.29, 1.82) is 5.41 Å². The highest BCUT2D eigenvalue weighted by atomic mass is 35.5. The van der Waals surface area contributed by atoms with E-state index in [0.717, 1.165) is 24.2 Å². The number of ether oxygens (including phenoxy) is 2. The third-order valence-electron chi connectivity index (χ3n) is 7.26. The minimum absolute atomic E-state index is 0. The third kappa shape index (κ3) is 7.48. The largest absolute Gasteiger partial charge is 0.491 e. The zero-order chi connectivity index (χ0) is 27.2. The Kier molecular flexibility index (Phi) is 10.3. The van der Waals surface area contributed by atoms with E-state index in [2.05, 4.69) is 4.90 Å². The average molecular weight is 558 g/mol. The number of hydrogen-bond donors (Lipinski definition) is 2. The van der Waals surface area contributed by atoms with Crippen LogP contribution < -0.4 is 10.5 Å². The zero-order valence-electron chi connectivity index (χ0n) is 22.3. The van der Waals surface area contributed by atoms with E-state index in [0.29, 0.717) is 30.8 Å². The van der Waals surface area contributed by atoms with Crippen molar-refractivity contribution in [3.8, 4) is 16.9 Å². The summed E-state index contributed by atoms with van der Waals surface area (Å²) in [5, 5.41) is 7.53. The van der Waals surface area contributed by atoms with Crippen LogP contribution in [0.25, 0.3) is 11.1 Å². The number of benzene rings is 2. The van der Waals surface area contributed by atoms with Gasteiger partial charge in [0, 0.05) is 31.7 Å². The number of nitrogen functional groups attached to an aromatic ring is 1. The number of nitrogens with zero attached hydrogens (tertiary/aromatic N) is 3. The number of piperazine rings is 1. The molecule has 210 valence electrons. The van der Waals surface area contributed by atoms with Crippen LogP contribution in [0.15, 0.2) is 48.5 Å². The summed E-state index contributed by atoms with van der Waals surface area (Å²) >= 11 is 0. The second-order valence-corrected chi connectivity index (χ2v) is 9.84. The predicted molar refractivity (Wildman–Crippen MR) is 150 cm³/mol. The van der Waals surface area contributed by atoms with E-state index in [1.165, 1.54) is 7.11 Å². The summed E-state index contributed by atoms with van der Waals surface area (Å²) in [6.07, 6.45) is 0.409. The lowest BCUT2D eigenvalue weighted by Crippen LogP contribution is -2.51. The van der Waals surface area contributed by atoms with Crippen molar-refractivity contribution in [1.82, 2.24) is 14.7 Å². The van der Waals surface area contributed by atoms with Crippen LogP contribution in [0.5, 0.6) is 5.75 Å². The Balaban J connectivity index is 0.00000420. The number of methoxy groups -OCH3 is 1. The molecule has 10 nitrogen and oxygen atoms in total. The molecule has 2 aromatic carbocycles. The molecule has 0 bridgehead atoms. The van der Waals surface area contributed by atoms with Gasteiger partial charge in [-0.3, -0.25) is 19.8 Å². The van der Waals surface area contributed by atoms with Crippen molar-refractivity contribution in [2.75, 3.05) is 53.5 Å². The Labute approximate surface area is 234 Å². The number of likely N-dealkylation sites (N-methyl/N-ethyl adjacent to an activating group) is 1. The molecular weight excluding hydrogens is 522 g/mol. The Morgan fingerprint density at radius 2 is 1.59 bits per heavy atom. The van der Waals surface area contributed by atoms with E-state index in [1.54, 1.807) is 9.80 Å². The average Bonchev–Trinajstić information content (AvgIpc) is 3.21. The predicted octanol–water partition coefficient (Wildman–Crippen LogP) is 1.99. The van der Waals surface area contributed by atoms with Crippen LogP contribution in [0.1, 0.15) is 18.4 Å². The van der Waals surface area contributed by atoms with E-state index in [4.69, 9.17) is 20.6 Å². The molecule has 0 aliphatic carbocycles. The number of halogens is 1. The van der Waals surface area contributed by atoms with Gasteiger partial charge in [0.05, 0.1) is 25.5 Å². The number of carbonyl (C=O) groups excluding carboxylic acids is 3. The molecule has 39 heavy (non-hydrogen) atoms. The molecule has 2 saturated heterocycles. The summed E-state index contributed by atoms with van der Waals surface area (Å²) < 4.78 is 10.8. The first-order valence-electron chi connectivity index (χ1n) is 12.8. The maximum absolute atomic E-state index is 13.2. The first kappa shape index (κ1) is 29.9. The fourth-order valence-corrected chi connectivity index (χ4v) is 4.87. The van der Waals surface area contributed by atoms with Crippen LogP contribution in [-0.4, -0.2) is 97.8 Å². The van der Waals surface area contributed by atoms with E-state index >= 15 is 0 Å². The fraction of sp³-hybridized carbons (Fsp3) is 0.429. The van der Waals surface area contributed by atoms with Gasteiger partial charge in [-0.15, -0.1) is 12.4 Å². The first-order valence-corrected chi connectivity index (χ1v) is 12.8. The number of likely N-dealkylation sites (tertiary alicyclic amines) is 1. The molecule has 2 aromatic rings. The maximum Gasteiger partial charge on any atom is 0.306 e. The van der Waals surface area contributed by atoms with E-state index in [9.17, 15) is 14.4 Å². The SMILES string of the molecule is COC(=O)C[C@@H]1C[C@@H](COc2ccc(-c3ccc(C(=N)N)cc3)cc2)N(CC(=O)N2CCN(C)CC2)C1=O.Cl. The summed E-state index contributed by atoms with van der Waals surface area (Å²) in [4.78, 5) is 43.6. The van der Waals surface area contributed by atoms with Gasteiger partial charge in [0.1, 0.15) is 24.7 Å². The highest BCUT2D eigenvalue weighted by molar-refractivity contribution is 5.95. The Hall–Kier alpha value is -3.63. The van der Waals surface area contributed by atoms with Crippen molar-refractivity contribution in [3.63, 3.8) is 0 Å². The standard InChI is InChI=1S/C28H35N5O5.ClH/c1-31-11-13-32(14-12-31)25(34)17-33-23(15-22(28(33)36)16-26(35)37-2)18-38-24-9-7-20(8-10-24)19-3-5-21(6-4-19)27(29)30;/h3-10,22-23H,11-18H2,1-2H3,(H3,29,30);1H/t22-,23-;/m0./s1. The van der Waals surface area contributed by atoms with Gasteiger partial charge in [-0.1, -0.05) is 36.4 Å². The fourth-order valence-electron chi connectivity index (χ4n) is 4.87. The van der Waals surface area contributed by atoms with Crippen LogP contribution in [0.3, 0.4) is 0 Å². The third-order valence-corrected chi connectivity index (χ3v) is 7.26. The molecule has 11 heteroatoms. The number of amides is 2. The van der Waals surface area contributed by atoms with Crippen LogP contribution >= 0.6 is 12.4 Å². The van der Waals surface area contributed by atoms with Gasteiger partial charge in [-0.2, -0.15) is 0 Å². The molecule has 0 unspecified atom stereocenters. The molecule has 0 saturated carbocycles. The molecule has 0 aromatic heterocycles. The number of esters is 1. The lowest BCUT2D eigenvalue weighted by molar-refractivity contribution is -0.146. The van der Waals surface area contributed by atoms with Crippen LogP contribution in [0.4, 0.5) is 0 Å². The van der Waals surface area contributed by atoms with Crippen LogP contribution in [-0.2, 0) is 19.1 Å². The molecule has 2 heterocycles. The lowest BCUT2D eigenvalue weighted by Gasteiger charge is -2.34. The minimum atomic E-state index is -0.531. The van der Waals surface area contributed by atoms with E-state index < -0.39 is 11.9 Å². The summed E-state index contributed by atoms with van der Waals surface area (Å²) in [7, 11) is 3.33. The molecule has 2 atom stereocenters. The minimum Gasteiger partial charge on any atom is -0.491 e. The molecular formula is C28H36ClN5O5. The zero-order valence-corrected chi connectivity index (χ0v) is 23.1. The van der Waals surface area contributed by atoms with Crippen molar-refractivity contribution in [2.45, 2.75) is 18.9 Å². The molecule has 4 rings (SSSR count). The molecule has 0 radical (unpaired) electrons. The maximum atomic E-state index is 13.2. The Morgan fingerprint density at radius 1 is 1.00 bits per heavy atom. The number of carbonyl (C=O) groups is 3. The summed E-state index contributed by atoms with van der Waals surface area (Å²) in [5.74, 6) is -0.605. The van der Waals surface area contributed by atoms with Crippen LogP contribution in [0.2, 0.25) is 0 Å². The first-order chi connectivity index (χ1) is 18.2. The summed E-state index contributed by atoms with van der Waals surface area (Å²) in [6, 6.07) is 14.7. The van der Waals surface area contributed by atoms with Crippen molar-refractivity contribution in [3.05, 3.63) is 54.1 Å². The van der Waals surface area contributed by atoms with Gasteiger partial charge in [0.2, 0.25) is 11.8 Å². The molecule has 2 fully saturated rings. The van der Waals surface area contributed by atoms with Crippen molar-refractivity contribution < 1.29 is 23.9 Å². The highest BCUT2D eigenvalue weighted by Gasteiger charge is 2.42. The molecule has 2 aliphatic heterocycles. The van der Waals surface area contributed by atoms with Gasteiger partial charge in [0.25, 0.3) is 0 Å². The van der Waals surface area contributed by atoms with Crippen molar-refractivity contribution in [2.24, 2.45) is 11.7 Å². The van der Waals surface area contributed by atoms with E-state index in [-0.39, 0.29) is 55.7 Å². The molecule has 2 amide bonds. The van der Waals surface area contributed by atoms with Crippen LogP contribution in [0, 0.1) is 11.3 Å². The summed E-state index contributed by atoms with van der Waals surface area (Å²) in [6.45, 7) is 3.06. The van der Waals surface area contributed by atoms with Gasteiger partial charge in [0.15, 0.2) is 0 Å². The second-order valence-electron chi connectivity index (χ2n) is 9.84. The Morgan fingerprint density at radius 3 is 2.15 bits per heavy atom. The summed E-state index contributed by atoms with van der Waals surface area (Å²) in [5.41, 5.74) is 8.17. The number of nitrogens with one attached hydrogen (secondary N) is 1. The monoisotopic (exact) mass is 557 g/mol. The normalized spacial score (nSPS) is 19.4. The van der Waals surface area contributed by atoms with E-state index in [1.807, 2.05) is 55.6 Å². The number of rotatable bonds is 9. The number of nitrogens with two attached hydrogens (primary N) is 1. The molecule has 3 N–H and O–H groups in total. The van der Waals surface area contributed by atoms with Gasteiger partial charge >= 0.3 is 5.97 Å². The smallest absolute Gasteiger partial charge is 0.306 e. The lowest BCUT2D eigenvalue weighted by atomic mass is 10.0. The quantitative estimate of drug-likeness (QED) is 0.274. The van der Waals surface area contributed by atoms with Gasteiger partial charge < -0.3 is 29.9 Å². The second kappa shape index (κ2) is 13.4. The number of hydrogen-bond acceptors (Lipinski definition) is 7. The highest BCUT2D eigenvalue weighted by Crippen LogP contribution is 2.29. The number of amidine groups is 1. The van der Waals surface area contributed by atoms with Gasteiger partial charge in [-0.05, 0) is 36.7 Å². The topological polar surface area (TPSA) is 129 Å².